The van der Waals surface area contributed by atoms with E-state index in [1.54, 1.807) is 25.3 Å². The predicted octanol–water partition coefficient (Wildman–Crippen LogP) is -0.739. The van der Waals surface area contributed by atoms with Gasteiger partial charge in [-0.1, -0.05) is 6.07 Å². The fraction of sp³-hybridized carbons (Fsp3) is 0.455. The molecule has 0 bridgehead atoms. The van der Waals surface area contributed by atoms with Crippen molar-refractivity contribution in [2.75, 3.05) is 13.7 Å². The Labute approximate surface area is 103 Å². The summed E-state index contributed by atoms with van der Waals surface area (Å²) in [5.41, 5.74) is 0. The Balaban J connectivity index is 0.00000196. The molecule has 78 valence electrons. The topological polar surface area (TPSA) is 27.7 Å². The molecule has 4 heteroatoms. The zero-order valence-electron chi connectivity index (χ0n) is 9.74. The summed E-state index contributed by atoms with van der Waals surface area (Å²) in [5, 5.41) is 0. The molecule has 0 aliphatic carbocycles. The Morgan fingerprint density at radius 2 is 2.00 bits per heavy atom. The van der Waals surface area contributed by atoms with Crippen molar-refractivity contribution in [2.24, 2.45) is 0 Å². The molecule has 1 rings (SSSR count). The van der Waals surface area contributed by atoms with Gasteiger partial charge in [0.2, 0.25) is 0 Å². The van der Waals surface area contributed by atoms with Gasteiger partial charge in [-0.2, -0.15) is 6.07 Å². The van der Waals surface area contributed by atoms with E-state index in [1.165, 1.54) is 0 Å². The van der Waals surface area contributed by atoms with Gasteiger partial charge in [-0.15, -0.1) is 12.1 Å². The summed E-state index contributed by atoms with van der Waals surface area (Å²) in [6.07, 6.45) is -0.250. The first-order valence-electron chi connectivity index (χ1n) is 4.59. The van der Waals surface area contributed by atoms with Gasteiger partial charge < -0.3 is 14.2 Å². The molecule has 1 unspecified atom stereocenters. The van der Waals surface area contributed by atoms with Crippen molar-refractivity contribution < 1.29 is 33.1 Å². The van der Waals surface area contributed by atoms with E-state index in [0.29, 0.717) is 12.4 Å². The number of ether oxygens (including phenoxy) is 3. The van der Waals surface area contributed by atoms with Crippen LogP contribution in [-0.4, -0.2) is 20.0 Å². The van der Waals surface area contributed by atoms with Gasteiger partial charge in [-0.3, -0.25) is 0 Å². The van der Waals surface area contributed by atoms with E-state index in [0.717, 1.165) is 5.75 Å². The van der Waals surface area contributed by atoms with Crippen LogP contribution in [0.15, 0.2) is 18.2 Å². The van der Waals surface area contributed by atoms with Crippen LogP contribution in [0.1, 0.15) is 13.8 Å². The summed E-state index contributed by atoms with van der Waals surface area (Å²) in [7, 11) is 1.61. The standard InChI is InChI=1S/C11H15O3.Li/c1-4-13-9(2)14-11-7-5-6-10(8-11)12-3;/h6-9H,4H2,1-3H3;/q-1;+1. The smallest absolute Gasteiger partial charge is 0.554 e. The van der Waals surface area contributed by atoms with Gasteiger partial charge in [0.15, 0.2) is 6.29 Å². The van der Waals surface area contributed by atoms with Crippen molar-refractivity contribution >= 4 is 0 Å². The maximum atomic E-state index is 5.46. The molecule has 0 heterocycles. The molecule has 0 saturated heterocycles. The van der Waals surface area contributed by atoms with Crippen LogP contribution in [0.5, 0.6) is 11.5 Å². The van der Waals surface area contributed by atoms with E-state index >= 15 is 0 Å². The fourth-order valence-corrected chi connectivity index (χ4v) is 1.08. The Kier molecular flexibility index (Phi) is 7.32. The maximum absolute atomic E-state index is 5.46. The molecule has 15 heavy (non-hydrogen) atoms. The molecule has 0 spiro atoms. The Morgan fingerprint density at radius 1 is 1.33 bits per heavy atom. The minimum absolute atomic E-state index is 0. The average molecular weight is 202 g/mol. The molecule has 0 aliphatic heterocycles. The zero-order valence-corrected chi connectivity index (χ0v) is 9.74. The molecular weight excluding hydrogens is 187 g/mol. The first kappa shape index (κ1) is 14.4. The monoisotopic (exact) mass is 202 g/mol. The third-order valence-electron chi connectivity index (χ3n) is 1.67. The summed E-state index contributed by atoms with van der Waals surface area (Å²) >= 11 is 0. The van der Waals surface area contributed by atoms with Gasteiger partial charge in [-0.25, -0.2) is 0 Å². The molecule has 0 saturated carbocycles. The van der Waals surface area contributed by atoms with Crippen LogP contribution in [0.25, 0.3) is 0 Å². The van der Waals surface area contributed by atoms with Gasteiger partial charge in [-0.05, 0) is 13.8 Å². The average Bonchev–Trinajstić information content (AvgIpc) is 2.18. The summed E-state index contributed by atoms with van der Waals surface area (Å²) in [5.74, 6) is 1.43. The van der Waals surface area contributed by atoms with Crippen molar-refractivity contribution in [2.45, 2.75) is 20.1 Å². The van der Waals surface area contributed by atoms with Gasteiger partial charge in [0.25, 0.3) is 0 Å². The molecule has 1 aromatic rings. The molecule has 1 atom stereocenters. The third-order valence-corrected chi connectivity index (χ3v) is 1.67. The molecule has 0 amide bonds. The zero-order chi connectivity index (χ0) is 10.4. The summed E-state index contributed by atoms with van der Waals surface area (Å²) in [6.45, 7) is 4.41. The van der Waals surface area contributed by atoms with Crippen LogP contribution < -0.4 is 28.3 Å². The second kappa shape index (κ2) is 7.64. The van der Waals surface area contributed by atoms with Gasteiger partial charge in [0, 0.05) is 18.1 Å². The van der Waals surface area contributed by atoms with Crippen LogP contribution in [0.4, 0.5) is 0 Å². The van der Waals surface area contributed by atoms with Crippen LogP contribution >= 0.6 is 0 Å². The van der Waals surface area contributed by atoms with Crippen molar-refractivity contribution in [1.82, 2.24) is 0 Å². The predicted molar refractivity (Wildman–Crippen MR) is 53.5 cm³/mol. The second-order valence-corrected chi connectivity index (χ2v) is 2.75. The van der Waals surface area contributed by atoms with E-state index < -0.39 is 0 Å². The van der Waals surface area contributed by atoms with E-state index in [-0.39, 0.29) is 25.2 Å². The van der Waals surface area contributed by atoms with E-state index in [2.05, 4.69) is 6.07 Å². The molecule has 0 aromatic heterocycles. The van der Waals surface area contributed by atoms with Crippen molar-refractivity contribution in [3.8, 4) is 11.5 Å². The minimum Gasteiger partial charge on any atom is -0.554 e. The molecule has 3 nitrogen and oxygen atoms in total. The molecule has 1 aromatic carbocycles. The van der Waals surface area contributed by atoms with Gasteiger partial charge in [0.05, 0.1) is 7.11 Å². The SMILES string of the molecule is CCOC(C)Oc1c[c-]cc(OC)c1.[Li+]. The number of benzene rings is 1. The number of hydrogen-bond donors (Lipinski definition) is 0. The van der Waals surface area contributed by atoms with Crippen LogP contribution in [0, 0.1) is 6.07 Å². The Hall–Kier alpha value is -0.623. The number of hydrogen-bond acceptors (Lipinski definition) is 3. The second-order valence-electron chi connectivity index (χ2n) is 2.75. The Bertz CT molecular complexity index is 278. The maximum Gasteiger partial charge on any atom is 1.00 e. The van der Waals surface area contributed by atoms with E-state index in [9.17, 15) is 0 Å². The van der Waals surface area contributed by atoms with E-state index in [1.807, 2.05) is 13.8 Å². The normalized spacial score (nSPS) is 11.4. The molecule has 0 fully saturated rings. The molecule has 0 N–H and O–H groups in total. The third kappa shape index (κ3) is 5.13. The molecule has 0 aliphatic rings. The quantitative estimate of drug-likeness (QED) is 0.357. The first-order chi connectivity index (χ1) is 6.76. The summed E-state index contributed by atoms with van der Waals surface area (Å²) in [6, 6.07) is 8.22. The molecule has 0 radical (unpaired) electrons. The molecular formula is C11H15LiO3. The summed E-state index contributed by atoms with van der Waals surface area (Å²) < 4.78 is 15.8. The van der Waals surface area contributed by atoms with Crippen LogP contribution in [0.2, 0.25) is 0 Å². The van der Waals surface area contributed by atoms with Crippen molar-refractivity contribution in [3.05, 3.63) is 24.3 Å². The fourth-order valence-electron chi connectivity index (χ4n) is 1.08. The number of methoxy groups -OCH3 is 1. The minimum atomic E-state index is -0.250. The van der Waals surface area contributed by atoms with Gasteiger partial charge in [0.1, 0.15) is 0 Å². The van der Waals surface area contributed by atoms with Crippen LogP contribution in [-0.2, 0) is 4.74 Å². The van der Waals surface area contributed by atoms with Crippen molar-refractivity contribution in [3.63, 3.8) is 0 Å². The van der Waals surface area contributed by atoms with E-state index in [4.69, 9.17) is 14.2 Å². The van der Waals surface area contributed by atoms with Crippen LogP contribution in [0.3, 0.4) is 0 Å². The Morgan fingerprint density at radius 3 is 2.60 bits per heavy atom. The van der Waals surface area contributed by atoms with Gasteiger partial charge >= 0.3 is 18.9 Å². The summed E-state index contributed by atoms with van der Waals surface area (Å²) in [4.78, 5) is 0. The first-order valence-corrected chi connectivity index (χ1v) is 4.59. The van der Waals surface area contributed by atoms with Crippen molar-refractivity contribution in [1.29, 1.82) is 0 Å². The number of rotatable bonds is 5. The largest absolute Gasteiger partial charge is 1.00 e.